The highest BCUT2D eigenvalue weighted by molar-refractivity contribution is 5.84. The number of nitrogens with two attached hydrogens (primary N) is 1. The van der Waals surface area contributed by atoms with Gasteiger partial charge in [0.15, 0.2) is 17.0 Å². The Kier molecular flexibility index (Phi) is 5.16. The van der Waals surface area contributed by atoms with Gasteiger partial charge in [-0.1, -0.05) is 12.2 Å². The van der Waals surface area contributed by atoms with Gasteiger partial charge in [0.2, 0.25) is 5.95 Å². The minimum Gasteiger partial charge on any atom is -0.463 e. The number of esters is 1. The van der Waals surface area contributed by atoms with Gasteiger partial charge >= 0.3 is 5.97 Å². The van der Waals surface area contributed by atoms with E-state index in [1.807, 2.05) is 25.3 Å². The van der Waals surface area contributed by atoms with E-state index in [2.05, 4.69) is 32.4 Å². The van der Waals surface area contributed by atoms with E-state index in [0.29, 0.717) is 24.1 Å². The van der Waals surface area contributed by atoms with Gasteiger partial charge in [0.05, 0.1) is 24.6 Å². The van der Waals surface area contributed by atoms with Crippen molar-refractivity contribution in [3.8, 4) is 0 Å². The Labute approximate surface area is 169 Å². The Morgan fingerprint density at radius 2 is 2.10 bits per heavy atom. The standard InChI is InChI=1S/C20H28N6O3/c1-20(2,3)29-10-15(27)28-9-12-4-7-14(8-12)26-11-22-16-17(23-13-5-6-13)24-19(21)25-18(16)26/h4,7,11-14H,5-6,8-10H2,1-3H3,(H3,21,23,24,25)/t12-,14+/m1/s1. The molecular formula is C20H28N6O3. The number of imidazole rings is 1. The smallest absolute Gasteiger partial charge is 0.332 e. The average molecular weight is 400 g/mol. The number of fused-ring (bicyclic) bond motifs is 1. The summed E-state index contributed by atoms with van der Waals surface area (Å²) in [6, 6.07) is 0.531. The molecule has 2 aromatic rings. The molecule has 0 unspecified atom stereocenters. The quantitative estimate of drug-likeness (QED) is 0.538. The van der Waals surface area contributed by atoms with Crippen molar-refractivity contribution < 1.29 is 14.3 Å². The molecule has 0 aromatic carbocycles. The van der Waals surface area contributed by atoms with Crippen LogP contribution in [0.15, 0.2) is 18.5 Å². The molecular weight excluding hydrogens is 372 g/mol. The van der Waals surface area contributed by atoms with Crippen LogP contribution >= 0.6 is 0 Å². The summed E-state index contributed by atoms with van der Waals surface area (Å²) in [5.41, 5.74) is 7.00. The van der Waals surface area contributed by atoms with Crippen LogP contribution in [0.5, 0.6) is 0 Å². The third-order valence-electron chi connectivity index (χ3n) is 4.95. The first-order valence-electron chi connectivity index (χ1n) is 10.0. The summed E-state index contributed by atoms with van der Waals surface area (Å²) in [5, 5.41) is 3.37. The number of aromatic nitrogens is 4. The third kappa shape index (κ3) is 4.84. The van der Waals surface area contributed by atoms with Crippen molar-refractivity contribution in [2.45, 2.75) is 57.7 Å². The van der Waals surface area contributed by atoms with Crippen molar-refractivity contribution in [1.82, 2.24) is 19.5 Å². The number of rotatable bonds is 7. The molecule has 156 valence electrons. The Hall–Kier alpha value is -2.68. The van der Waals surface area contributed by atoms with E-state index in [1.54, 1.807) is 6.33 Å². The van der Waals surface area contributed by atoms with Gasteiger partial charge in [-0.3, -0.25) is 0 Å². The highest BCUT2D eigenvalue weighted by atomic mass is 16.6. The second-order valence-electron chi connectivity index (χ2n) is 8.71. The molecule has 0 aliphatic heterocycles. The van der Waals surface area contributed by atoms with E-state index in [-0.39, 0.29) is 36.1 Å². The maximum Gasteiger partial charge on any atom is 0.332 e. The van der Waals surface area contributed by atoms with Crippen LogP contribution in [-0.4, -0.2) is 50.3 Å². The maximum absolute atomic E-state index is 11.9. The molecule has 0 amide bonds. The Morgan fingerprint density at radius 1 is 1.31 bits per heavy atom. The fourth-order valence-corrected chi connectivity index (χ4v) is 3.30. The third-order valence-corrected chi connectivity index (χ3v) is 4.95. The molecule has 0 saturated heterocycles. The highest BCUT2D eigenvalue weighted by Crippen LogP contribution is 2.33. The number of carbonyl (C=O) groups excluding carboxylic acids is 1. The Morgan fingerprint density at radius 3 is 2.83 bits per heavy atom. The normalized spacial score (nSPS) is 21.6. The summed E-state index contributed by atoms with van der Waals surface area (Å²) in [6.45, 7) is 6.01. The molecule has 0 spiro atoms. The summed E-state index contributed by atoms with van der Waals surface area (Å²) in [7, 11) is 0. The van der Waals surface area contributed by atoms with Crippen LogP contribution in [0.25, 0.3) is 11.2 Å². The van der Waals surface area contributed by atoms with Gasteiger partial charge in [-0.05, 0) is 40.0 Å². The number of ether oxygens (including phenoxy) is 2. The lowest BCUT2D eigenvalue weighted by Gasteiger charge is -2.19. The van der Waals surface area contributed by atoms with E-state index in [4.69, 9.17) is 15.2 Å². The van der Waals surface area contributed by atoms with Crippen LogP contribution in [0, 0.1) is 5.92 Å². The minimum absolute atomic E-state index is 0.0392. The second-order valence-corrected chi connectivity index (χ2v) is 8.71. The zero-order valence-corrected chi connectivity index (χ0v) is 17.1. The molecule has 29 heavy (non-hydrogen) atoms. The Balaban J connectivity index is 1.38. The minimum atomic E-state index is -0.364. The van der Waals surface area contributed by atoms with Crippen LogP contribution in [0.4, 0.5) is 11.8 Å². The number of nitrogens with zero attached hydrogens (tertiary/aromatic N) is 4. The molecule has 1 saturated carbocycles. The molecule has 4 rings (SSSR count). The average Bonchev–Trinajstić information content (AvgIpc) is 3.16. The van der Waals surface area contributed by atoms with Gasteiger partial charge in [0.25, 0.3) is 0 Å². The van der Waals surface area contributed by atoms with E-state index >= 15 is 0 Å². The fraction of sp³-hybridized carbons (Fsp3) is 0.600. The zero-order valence-electron chi connectivity index (χ0n) is 17.1. The predicted octanol–water partition coefficient (Wildman–Crippen LogP) is 2.46. The van der Waals surface area contributed by atoms with E-state index in [0.717, 1.165) is 24.8 Å². The maximum atomic E-state index is 11.9. The fourth-order valence-electron chi connectivity index (χ4n) is 3.30. The van der Waals surface area contributed by atoms with Crippen molar-refractivity contribution >= 4 is 28.9 Å². The molecule has 0 bridgehead atoms. The van der Waals surface area contributed by atoms with Crippen molar-refractivity contribution in [3.63, 3.8) is 0 Å². The molecule has 2 aliphatic carbocycles. The SMILES string of the molecule is CC(C)(C)OCC(=O)OC[C@@H]1C=C[C@H](n2cnc3c(NC4CC4)nc(N)nc32)C1. The zero-order chi connectivity index (χ0) is 20.6. The molecule has 1 fully saturated rings. The number of hydrogen-bond acceptors (Lipinski definition) is 8. The van der Waals surface area contributed by atoms with E-state index < -0.39 is 0 Å². The summed E-state index contributed by atoms with van der Waals surface area (Å²) < 4.78 is 12.8. The number of nitrogen functional groups attached to an aromatic ring is 1. The van der Waals surface area contributed by atoms with Gasteiger partial charge in [-0.2, -0.15) is 9.97 Å². The van der Waals surface area contributed by atoms with Crippen LogP contribution in [-0.2, 0) is 14.3 Å². The lowest BCUT2D eigenvalue weighted by molar-refractivity contribution is -0.154. The summed E-state index contributed by atoms with van der Waals surface area (Å²) in [5.74, 6) is 0.717. The number of hydrogen-bond donors (Lipinski definition) is 2. The summed E-state index contributed by atoms with van der Waals surface area (Å²) >= 11 is 0. The lowest BCUT2D eigenvalue weighted by Crippen LogP contribution is -2.25. The van der Waals surface area contributed by atoms with Crippen molar-refractivity contribution in [3.05, 3.63) is 18.5 Å². The van der Waals surface area contributed by atoms with Crippen molar-refractivity contribution in [2.24, 2.45) is 5.92 Å². The number of nitrogens with one attached hydrogen (secondary N) is 1. The molecule has 9 heteroatoms. The summed E-state index contributed by atoms with van der Waals surface area (Å²) in [6.07, 6.45) is 9.02. The van der Waals surface area contributed by atoms with Crippen LogP contribution in [0.2, 0.25) is 0 Å². The predicted molar refractivity (Wildman–Crippen MR) is 109 cm³/mol. The molecule has 2 aromatic heterocycles. The van der Waals surface area contributed by atoms with Crippen molar-refractivity contribution in [2.75, 3.05) is 24.3 Å². The number of allylic oxidation sites excluding steroid dienone is 1. The van der Waals surface area contributed by atoms with Gasteiger partial charge in [0, 0.05) is 12.0 Å². The summed E-state index contributed by atoms with van der Waals surface area (Å²) in [4.78, 5) is 25.1. The van der Waals surface area contributed by atoms with Crippen LogP contribution in [0.3, 0.4) is 0 Å². The van der Waals surface area contributed by atoms with Gasteiger partial charge < -0.3 is 25.1 Å². The van der Waals surface area contributed by atoms with Gasteiger partial charge in [-0.15, -0.1) is 0 Å². The molecule has 3 N–H and O–H groups in total. The molecule has 0 radical (unpaired) electrons. The molecule has 9 nitrogen and oxygen atoms in total. The number of carbonyl (C=O) groups is 1. The second kappa shape index (κ2) is 7.62. The van der Waals surface area contributed by atoms with Gasteiger partial charge in [0.1, 0.15) is 6.61 Å². The van der Waals surface area contributed by atoms with Crippen molar-refractivity contribution in [1.29, 1.82) is 0 Å². The molecule has 2 aliphatic rings. The van der Waals surface area contributed by atoms with E-state index in [9.17, 15) is 4.79 Å². The topological polar surface area (TPSA) is 117 Å². The number of anilines is 2. The van der Waals surface area contributed by atoms with Crippen LogP contribution in [0.1, 0.15) is 46.1 Å². The molecule has 2 atom stereocenters. The largest absolute Gasteiger partial charge is 0.463 e. The van der Waals surface area contributed by atoms with Crippen LogP contribution < -0.4 is 11.1 Å². The van der Waals surface area contributed by atoms with E-state index in [1.165, 1.54) is 0 Å². The van der Waals surface area contributed by atoms with Gasteiger partial charge in [-0.25, -0.2) is 9.78 Å². The first kappa shape index (κ1) is 19.6. The lowest BCUT2D eigenvalue weighted by atomic mass is 10.1. The highest BCUT2D eigenvalue weighted by Gasteiger charge is 2.27. The molecule has 2 heterocycles. The Bertz CT molecular complexity index is 928. The first-order valence-corrected chi connectivity index (χ1v) is 10.0. The monoisotopic (exact) mass is 400 g/mol. The first-order chi connectivity index (χ1) is 13.8.